The Bertz CT molecular complexity index is 539. The molecule has 1 aliphatic heterocycles. The maximum absolute atomic E-state index is 11.7. The largest absolute Gasteiger partial charge is 0.329 e. The molecule has 1 aliphatic rings. The van der Waals surface area contributed by atoms with Gasteiger partial charge < -0.3 is 5.73 Å². The Kier molecular flexibility index (Phi) is 3.38. The van der Waals surface area contributed by atoms with Gasteiger partial charge in [-0.2, -0.15) is 5.10 Å². The predicted octanol–water partition coefficient (Wildman–Crippen LogP) is -1.35. The smallest absolute Gasteiger partial charge is 0.328 e. The third-order valence-electron chi connectivity index (χ3n) is 2.56. The highest BCUT2D eigenvalue weighted by molar-refractivity contribution is 6.05. The summed E-state index contributed by atoms with van der Waals surface area (Å²) in [4.78, 5) is 35.5. The molecule has 8 heteroatoms. The van der Waals surface area contributed by atoms with Crippen LogP contribution < -0.4 is 21.5 Å². The molecule has 0 bridgehead atoms. The number of carbonyl (C=O) groups excluding carboxylic acids is 2. The van der Waals surface area contributed by atoms with Crippen LogP contribution in [0.1, 0.15) is 6.42 Å². The monoisotopic (exact) mass is 251 g/mol. The molecule has 3 amide bonds. The predicted molar refractivity (Wildman–Crippen MR) is 63.1 cm³/mol. The lowest BCUT2D eigenvalue weighted by Gasteiger charge is -2.26. The summed E-state index contributed by atoms with van der Waals surface area (Å²) < 4.78 is 1.22. The zero-order valence-corrected chi connectivity index (χ0v) is 9.63. The van der Waals surface area contributed by atoms with Crippen LogP contribution in [0.3, 0.4) is 0 Å². The number of nitrogens with two attached hydrogens (primary N) is 1. The first kappa shape index (κ1) is 12.2. The lowest BCUT2D eigenvalue weighted by Crippen LogP contribution is -2.50. The number of urea groups is 1. The minimum Gasteiger partial charge on any atom is -0.329 e. The van der Waals surface area contributed by atoms with E-state index in [1.165, 1.54) is 21.8 Å². The van der Waals surface area contributed by atoms with E-state index in [0.717, 1.165) is 0 Å². The fourth-order valence-electron chi connectivity index (χ4n) is 1.67. The number of nitrogens with zero attached hydrogens (tertiary/aromatic N) is 3. The van der Waals surface area contributed by atoms with Gasteiger partial charge in [0.1, 0.15) is 0 Å². The third kappa shape index (κ3) is 2.38. The number of rotatable bonds is 3. The second-order valence-electron chi connectivity index (χ2n) is 3.82. The van der Waals surface area contributed by atoms with Gasteiger partial charge in [-0.1, -0.05) is 0 Å². The van der Waals surface area contributed by atoms with E-state index in [4.69, 9.17) is 5.73 Å². The summed E-state index contributed by atoms with van der Waals surface area (Å²) >= 11 is 0. The summed E-state index contributed by atoms with van der Waals surface area (Å²) in [6.45, 7) is 0.876. The molecule has 8 nitrogen and oxygen atoms in total. The van der Waals surface area contributed by atoms with Gasteiger partial charge in [-0.15, -0.1) is 0 Å². The van der Waals surface area contributed by atoms with E-state index in [0.29, 0.717) is 18.8 Å². The lowest BCUT2D eigenvalue weighted by atomic mass is 10.3. The van der Waals surface area contributed by atoms with E-state index in [9.17, 15) is 14.4 Å². The van der Waals surface area contributed by atoms with E-state index < -0.39 is 6.03 Å². The Morgan fingerprint density at radius 1 is 1.39 bits per heavy atom. The van der Waals surface area contributed by atoms with Gasteiger partial charge in [0.15, 0.2) is 0 Å². The second kappa shape index (κ2) is 4.96. The van der Waals surface area contributed by atoms with Crippen LogP contribution in [0.2, 0.25) is 0 Å². The summed E-state index contributed by atoms with van der Waals surface area (Å²) in [5, 5.41) is 6.09. The fourth-order valence-corrected chi connectivity index (χ4v) is 1.67. The number of hydrogen-bond donors (Lipinski definition) is 2. The van der Waals surface area contributed by atoms with Crippen molar-refractivity contribution in [1.82, 2.24) is 15.1 Å². The van der Waals surface area contributed by atoms with Gasteiger partial charge in [-0.25, -0.2) is 9.48 Å². The Labute approximate surface area is 102 Å². The van der Waals surface area contributed by atoms with Crippen molar-refractivity contribution in [2.24, 2.45) is 5.73 Å². The van der Waals surface area contributed by atoms with E-state index >= 15 is 0 Å². The number of amides is 3. The normalized spacial score (nSPS) is 15.7. The minimum atomic E-state index is -0.538. The zero-order valence-electron chi connectivity index (χ0n) is 9.63. The van der Waals surface area contributed by atoms with Crippen LogP contribution in [-0.2, 0) is 11.3 Å². The molecule has 1 aromatic rings. The lowest BCUT2D eigenvalue weighted by molar-refractivity contribution is -0.120. The van der Waals surface area contributed by atoms with Crippen molar-refractivity contribution < 1.29 is 9.59 Å². The van der Waals surface area contributed by atoms with Gasteiger partial charge >= 0.3 is 6.03 Å². The molecule has 96 valence electrons. The molecule has 3 N–H and O–H groups in total. The van der Waals surface area contributed by atoms with E-state index in [-0.39, 0.29) is 24.4 Å². The van der Waals surface area contributed by atoms with Crippen molar-refractivity contribution >= 4 is 17.6 Å². The fraction of sp³-hybridized carbons (Fsp3) is 0.400. The highest BCUT2D eigenvalue weighted by Crippen LogP contribution is 2.13. The number of hydrogen-bond acceptors (Lipinski definition) is 5. The number of aromatic nitrogens is 2. The Balaban J connectivity index is 2.24. The first-order valence-electron chi connectivity index (χ1n) is 5.50. The highest BCUT2D eigenvalue weighted by atomic mass is 16.2. The van der Waals surface area contributed by atoms with Crippen LogP contribution in [-0.4, -0.2) is 34.8 Å². The summed E-state index contributed by atoms with van der Waals surface area (Å²) in [5.41, 5.74) is 5.38. The highest BCUT2D eigenvalue weighted by Gasteiger charge is 2.24. The topological polar surface area (TPSA) is 110 Å². The van der Waals surface area contributed by atoms with Crippen LogP contribution >= 0.6 is 0 Å². The molecule has 0 spiro atoms. The molecule has 1 saturated heterocycles. The summed E-state index contributed by atoms with van der Waals surface area (Å²) in [6, 6.07) is 0.766. The maximum atomic E-state index is 11.7. The number of carbonyl (C=O) groups is 2. The van der Waals surface area contributed by atoms with Crippen LogP contribution in [0, 0.1) is 0 Å². The molecule has 0 unspecified atom stereocenters. The molecule has 0 radical (unpaired) electrons. The molecule has 1 fully saturated rings. The third-order valence-corrected chi connectivity index (χ3v) is 2.56. The maximum Gasteiger partial charge on any atom is 0.328 e. The number of nitrogens with one attached hydrogen (secondary N) is 1. The average molecular weight is 251 g/mol. The van der Waals surface area contributed by atoms with Crippen molar-refractivity contribution in [3.8, 4) is 0 Å². The second-order valence-corrected chi connectivity index (χ2v) is 3.82. The van der Waals surface area contributed by atoms with Crippen molar-refractivity contribution in [3.05, 3.63) is 22.6 Å². The van der Waals surface area contributed by atoms with Gasteiger partial charge in [0.25, 0.3) is 5.56 Å². The molecular weight excluding hydrogens is 238 g/mol. The Morgan fingerprint density at radius 3 is 2.78 bits per heavy atom. The van der Waals surface area contributed by atoms with E-state index in [1.807, 2.05) is 0 Å². The molecule has 0 aromatic carbocycles. The summed E-state index contributed by atoms with van der Waals surface area (Å²) in [6.07, 6.45) is 1.62. The molecule has 2 rings (SSSR count). The van der Waals surface area contributed by atoms with E-state index in [1.54, 1.807) is 0 Å². The van der Waals surface area contributed by atoms with Crippen molar-refractivity contribution in [1.29, 1.82) is 0 Å². The van der Waals surface area contributed by atoms with E-state index in [2.05, 4.69) is 10.4 Å². The molecular formula is C10H13N5O3. The van der Waals surface area contributed by atoms with Crippen LogP contribution in [0.15, 0.2) is 17.1 Å². The minimum absolute atomic E-state index is 0.206. The first-order valence-corrected chi connectivity index (χ1v) is 5.50. The summed E-state index contributed by atoms with van der Waals surface area (Å²) in [5.74, 6) is -0.319. The van der Waals surface area contributed by atoms with Crippen LogP contribution in [0.5, 0.6) is 0 Å². The Hall–Kier alpha value is -2.22. The van der Waals surface area contributed by atoms with Crippen LogP contribution in [0.25, 0.3) is 0 Å². The zero-order chi connectivity index (χ0) is 13.1. The molecule has 0 atom stereocenters. The number of imide groups is 1. The molecule has 2 heterocycles. The van der Waals surface area contributed by atoms with Gasteiger partial charge in [0.2, 0.25) is 5.91 Å². The number of anilines is 1. The average Bonchev–Trinajstić information content (AvgIpc) is 2.32. The van der Waals surface area contributed by atoms with Gasteiger partial charge in [0, 0.05) is 25.6 Å². The van der Waals surface area contributed by atoms with Crippen molar-refractivity contribution in [2.75, 3.05) is 18.0 Å². The molecule has 18 heavy (non-hydrogen) atoms. The SMILES string of the molecule is NCCn1ncc(N2CCC(=O)NC2=O)cc1=O. The summed E-state index contributed by atoms with van der Waals surface area (Å²) in [7, 11) is 0. The molecule has 0 saturated carbocycles. The van der Waals surface area contributed by atoms with Gasteiger partial charge in [0.05, 0.1) is 18.4 Å². The molecule has 0 aliphatic carbocycles. The quantitative estimate of drug-likeness (QED) is 0.690. The van der Waals surface area contributed by atoms with Crippen molar-refractivity contribution in [3.63, 3.8) is 0 Å². The van der Waals surface area contributed by atoms with Gasteiger partial charge in [-0.05, 0) is 0 Å². The Morgan fingerprint density at radius 2 is 2.17 bits per heavy atom. The van der Waals surface area contributed by atoms with Crippen LogP contribution in [0.4, 0.5) is 10.5 Å². The first-order chi connectivity index (χ1) is 8.61. The van der Waals surface area contributed by atoms with Gasteiger partial charge in [-0.3, -0.25) is 19.8 Å². The standard InChI is InChI=1S/C10H13N5O3/c11-2-4-15-9(17)5-7(6-12-15)14-3-1-8(16)13-10(14)18/h5-6H,1-4,11H2,(H,13,16,18). The molecule has 1 aromatic heterocycles. The van der Waals surface area contributed by atoms with Crippen molar-refractivity contribution in [2.45, 2.75) is 13.0 Å².